The Balaban J connectivity index is 1.47. The fourth-order valence-corrected chi connectivity index (χ4v) is 3.00. The van der Waals surface area contributed by atoms with E-state index in [-0.39, 0.29) is 17.7 Å². The number of piperidine rings is 1. The number of hydrogen-bond acceptors (Lipinski definition) is 5. The van der Waals surface area contributed by atoms with Gasteiger partial charge in [-0.2, -0.15) is 5.10 Å². The molecule has 2 amide bonds. The molecule has 3 heterocycles. The maximum atomic E-state index is 12.5. The van der Waals surface area contributed by atoms with E-state index in [1.165, 1.54) is 6.26 Å². The zero-order valence-corrected chi connectivity index (χ0v) is 15.2. The summed E-state index contributed by atoms with van der Waals surface area (Å²) in [5.74, 6) is 0.122. The maximum Gasteiger partial charge on any atom is 0.289 e. The van der Waals surface area contributed by atoms with Crippen molar-refractivity contribution < 1.29 is 14.0 Å². The number of carbonyl (C=O) groups excluding carboxylic acids is 2. The Morgan fingerprint density at radius 3 is 2.77 bits per heavy atom. The number of aromatic nitrogens is 2. The Morgan fingerprint density at radius 1 is 1.35 bits per heavy atom. The number of carbonyl (C=O) groups is 2. The van der Waals surface area contributed by atoms with Crippen molar-refractivity contribution in [1.82, 2.24) is 19.6 Å². The van der Waals surface area contributed by atoms with Crippen LogP contribution in [0.5, 0.6) is 0 Å². The Kier molecular flexibility index (Phi) is 5.72. The van der Waals surface area contributed by atoms with Crippen LogP contribution in [0.25, 0.3) is 0 Å². The molecule has 0 unspecified atom stereocenters. The van der Waals surface area contributed by atoms with Gasteiger partial charge in [0.05, 0.1) is 24.7 Å². The van der Waals surface area contributed by atoms with Crippen molar-refractivity contribution in [2.45, 2.75) is 19.4 Å². The molecule has 8 heteroatoms. The van der Waals surface area contributed by atoms with E-state index in [2.05, 4.69) is 15.3 Å². The highest BCUT2D eigenvalue weighted by molar-refractivity contribution is 5.93. The first kappa shape index (κ1) is 18.2. The average Bonchev–Trinajstić information content (AvgIpc) is 3.31. The van der Waals surface area contributed by atoms with Gasteiger partial charge in [-0.15, -0.1) is 0 Å². The lowest BCUT2D eigenvalue weighted by molar-refractivity contribution is -0.121. The van der Waals surface area contributed by atoms with E-state index >= 15 is 0 Å². The van der Waals surface area contributed by atoms with Gasteiger partial charge in [0.1, 0.15) is 0 Å². The van der Waals surface area contributed by atoms with Gasteiger partial charge < -0.3 is 19.5 Å². The van der Waals surface area contributed by atoms with Gasteiger partial charge in [0.15, 0.2) is 5.76 Å². The van der Waals surface area contributed by atoms with Crippen molar-refractivity contribution in [3.63, 3.8) is 0 Å². The fourth-order valence-electron chi connectivity index (χ4n) is 3.00. The highest BCUT2D eigenvalue weighted by Gasteiger charge is 2.28. The van der Waals surface area contributed by atoms with Crippen LogP contribution in [-0.2, 0) is 11.3 Å². The summed E-state index contributed by atoms with van der Waals surface area (Å²) in [6.07, 6.45) is 6.30. The van der Waals surface area contributed by atoms with E-state index in [1.54, 1.807) is 23.2 Å². The molecule has 0 aliphatic carbocycles. The summed E-state index contributed by atoms with van der Waals surface area (Å²) in [4.78, 5) is 28.5. The smallest absolute Gasteiger partial charge is 0.289 e. The first-order valence-corrected chi connectivity index (χ1v) is 8.84. The van der Waals surface area contributed by atoms with E-state index in [0.717, 1.165) is 13.1 Å². The molecule has 0 radical (unpaired) electrons. The number of nitrogens with one attached hydrogen (secondary N) is 1. The number of likely N-dealkylation sites (N-methyl/N-ethyl adjacent to an activating group) is 1. The molecule has 0 saturated carbocycles. The third kappa shape index (κ3) is 4.51. The van der Waals surface area contributed by atoms with Crippen molar-refractivity contribution in [2.75, 3.05) is 39.0 Å². The van der Waals surface area contributed by atoms with Crippen LogP contribution in [0.2, 0.25) is 0 Å². The highest BCUT2D eigenvalue weighted by Crippen LogP contribution is 2.21. The minimum atomic E-state index is -0.115. The van der Waals surface area contributed by atoms with E-state index < -0.39 is 0 Å². The van der Waals surface area contributed by atoms with Crippen LogP contribution in [0, 0.1) is 5.92 Å². The van der Waals surface area contributed by atoms with E-state index in [4.69, 9.17) is 4.42 Å². The summed E-state index contributed by atoms with van der Waals surface area (Å²) in [5.41, 5.74) is 0.711. The number of nitrogens with zero attached hydrogens (tertiary/aromatic N) is 4. The number of anilines is 1. The summed E-state index contributed by atoms with van der Waals surface area (Å²) in [7, 11) is 4.02. The van der Waals surface area contributed by atoms with E-state index in [0.29, 0.717) is 37.4 Å². The third-order valence-corrected chi connectivity index (χ3v) is 4.56. The molecular weight excluding hydrogens is 334 g/mol. The van der Waals surface area contributed by atoms with Crippen molar-refractivity contribution >= 4 is 17.5 Å². The van der Waals surface area contributed by atoms with Crippen LogP contribution >= 0.6 is 0 Å². The second-order valence-electron chi connectivity index (χ2n) is 6.83. The zero-order chi connectivity index (χ0) is 18.5. The normalized spacial score (nSPS) is 15.4. The second kappa shape index (κ2) is 8.18. The van der Waals surface area contributed by atoms with Crippen LogP contribution in [-0.4, -0.2) is 65.1 Å². The largest absolute Gasteiger partial charge is 0.459 e. The molecule has 0 spiro atoms. The summed E-state index contributed by atoms with van der Waals surface area (Å²) < 4.78 is 6.98. The molecule has 140 valence electrons. The fraction of sp³-hybridized carbons (Fsp3) is 0.500. The molecule has 0 aromatic carbocycles. The van der Waals surface area contributed by atoms with E-state index in [1.807, 2.05) is 25.0 Å². The first-order chi connectivity index (χ1) is 12.5. The van der Waals surface area contributed by atoms with Gasteiger partial charge in [-0.3, -0.25) is 14.3 Å². The molecule has 8 nitrogen and oxygen atoms in total. The highest BCUT2D eigenvalue weighted by atomic mass is 16.3. The first-order valence-electron chi connectivity index (χ1n) is 8.84. The molecule has 1 aliphatic rings. The topological polar surface area (TPSA) is 83.6 Å². The molecule has 2 aromatic rings. The summed E-state index contributed by atoms with van der Waals surface area (Å²) in [6.45, 7) is 2.77. The minimum Gasteiger partial charge on any atom is -0.459 e. The van der Waals surface area contributed by atoms with Gasteiger partial charge in [-0.1, -0.05) is 0 Å². The Labute approximate surface area is 152 Å². The Hall–Kier alpha value is -2.61. The van der Waals surface area contributed by atoms with Gasteiger partial charge in [-0.25, -0.2) is 0 Å². The quantitative estimate of drug-likeness (QED) is 0.846. The average molecular weight is 359 g/mol. The lowest BCUT2D eigenvalue weighted by Crippen LogP contribution is -2.41. The van der Waals surface area contributed by atoms with Crippen molar-refractivity contribution in [3.8, 4) is 0 Å². The van der Waals surface area contributed by atoms with Crippen LogP contribution in [0.1, 0.15) is 23.4 Å². The summed E-state index contributed by atoms with van der Waals surface area (Å²) in [5, 5.41) is 7.20. The molecule has 2 aromatic heterocycles. The molecule has 0 atom stereocenters. The van der Waals surface area contributed by atoms with Crippen molar-refractivity contribution in [1.29, 1.82) is 0 Å². The molecule has 1 saturated heterocycles. The molecule has 0 bridgehead atoms. The van der Waals surface area contributed by atoms with Crippen LogP contribution in [0.3, 0.4) is 0 Å². The van der Waals surface area contributed by atoms with Crippen LogP contribution in [0.4, 0.5) is 5.69 Å². The number of rotatable bonds is 6. The van der Waals surface area contributed by atoms with Gasteiger partial charge in [0.25, 0.3) is 5.91 Å². The molecule has 1 fully saturated rings. The standard InChI is InChI=1S/C18H25N5O3/c1-21(2)9-10-23-13-15(12-19-23)20-17(24)14-5-7-22(8-6-14)18(25)16-4-3-11-26-16/h3-4,11-14H,5-10H2,1-2H3,(H,20,24). The van der Waals surface area contributed by atoms with Crippen LogP contribution < -0.4 is 5.32 Å². The number of amides is 2. The maximum absolute atomic E-state index is 12.5. The van der Waals surface area contributed by atoms with Gasteiger partial charge in [0, 0.05) is 31.7 Å². The van der Waals surface area contributed by atoms with Crippen molar-refractivity contribution in [2.24, 2.45) is 5.92 Å². The SMILES string of the molecule is CN(C)CCn1cc(NC(=O)C2CCN(C(=O)c3ccco3)CC2)cn1. The van der Waals surface area contributed by atoms with Gasteiger partial charge in [0.2, 0.25) is 5.91 Å². The number of hydrogen-bond donors (Lipinski definition) is 1. The van der Waals surface area contributed by atoms with Gasteiger partial charge >= 0.3 is 0 Å². The predicted octanol–water partition coefficient (Wildman–Crippen LogP) is 1.53. The molecule has 1 N–H and O–H groups in total. The van der Waals surface area contributed by atoms with Crippen LogP contribution in [0.15, 0.2) is 35.2 Å². The monoisotopic (exact) mass is 359 g/mol. The third-order valence-electron chi connectivity index (χ3n) is 4.56. The predicted molar refractivity (Wildman–Crippen MR) is 96.7 cm³/mol. The molecule has 26 heavy (non-hydrogen) atoms. The lowest BCUT2D eigenvalue weighted by atomic mass is 9.95. The van der Waals surface area contributed by atoms with E-state index in [9.17, 15) is 9.59 Å². The summed E-state index contributed by atoms with van der Waals surface area (Å²) >= 11 is 0. The molecular formula is C18H25N5O3. The number of furan rings is 1. The molecule has 1 aliphatic heterocycles. The second-order valence-corrected chi connectivity index (χ2v) is 6.83. The zero-order valence-electron chi connectivity index (χ0n) is 15.2. The minimum absolute atomic E-state index is 0.0118. The lowest BCUT2D eigenvalue weighted by Gasteiger charge is -2.30. The Bertz CT molecular complexity index is 730. The Morgan fingerprint density at radius 2 is 2.12 bits per heavy atom. The summed E-state index contributed by atoms with van der Waals surface area (Å²) in [6, 6.07) is 3.36. The van der Waals surface area contributed by atoms with Gasteiger partial charge in [-0.05, 0) is 39.1 Å². The molecule has 3 rings (SSSR count). The van der Waals surface area contributed by atoms with Crippen molar-refractivity contribution in [3.05, 3.63) is 36.5 Å². The number of likely N-dealkylation sites (tertiary alicyclic amines) is 1.